The summed E-state index contributed by atoms with van der Waals surface area (Å²) in [7, 11) is 0. The van der Waals surface area contributed by atoms with Crippen LogP contribution in [0.15, 0.2) is 36.4 Å². The van der Waals surface area contributed by atoms with E-state index in [-0.39, 0.29) is 5.75 Å². The molecule has 0 aliphatic heterocycles. The minimum absolute atomic E-state index is 0.155. The van der Waals surface area contributed by atoms with Gasteiger partial charge in [0.15, 0.2) is 0 Å². The van der Waals surface area contributed by atoms with Crippen LogP contribution in [0.3, 0.4) is 0 Å². The van der Waals surface area contributed by atoms with Crippen LogP contribution >= 0.6 is 0 Å². The van der Waals surface area contributed by atoms with Crippen LogP contribution in [0.1, 0.15) is 95.5 Å². The molecule has 0 atom stereocenters. The first kappa shape index (κ1) is 23.4. The molecule has 0 radical (unpaired) electrons. The molecule has 2 saturated carbocycles. The van der Waals surface area contributed by atoms with Gasteiger partial charge in [0, 0.05) is 0 Å². The molecule has 0 unspecified atom stereocenters. The molecule has 0 aromatic heterocycles. The maximum Gasteiger partial charge on any atom is 0.573 e. The van der Waals surface area contributed by atoms with E-state index in [4.69, 9.17) is 0 Å². The van der Waals surface area contributed by atoms with Crippen molar-refractivity contribution in [1.29, 1.82) is 0 Å². The molecule has 0 spiro atoms. The van der Waals surface area contributed by atoms with Crippen molar-refractivity contribution in [3.8, 4) is 5.75 Å². The van der Waals surface area contributed by atoms with Crippen molar-refractivity contribution in [2.24, 2.45) is 17.8 Å². The van der Waals surface area contributed by atoms with Crippen molar-refractivity contribution in [3.05, 3.63) is 42.0 Å². The zero-order valence-electron chi connectivity index (χ0n) is 19.3. The van der Waals surface area contributed by atoms with E-state index >= 15 is 0 Å². The first-order chi connectivity index (χ1) is 15.4. The van der Waals surface area contributed by atoms with Gasteiger partial charge in [0.05, 0.1) is 0 Å². The summed E-state index contributed by atoms with van der Waals surface area (Å²) in [5.41, 5.74) is 1.33. The van der Waals surface area contributed by atoms with Crippen molar-refractivity contribution in [2.75, 3.05) is 0 Å². The number of ether oxygens (including phenoxy) is 1. The average molecular weight is 447 g/mol. The van der Waals surface area contributed by atoms with Gasteiger partial charge >= 0.3 is 6.36 Å². The molecule has 2 aliphatic carbocycles. The van der Waals surface area contributed by atoms with Crippen LogP contribution in [-0.4, -0.2) is 6.36 Å². The number of rotatable bonds is 7. The van der Waals surface area contributed by atoms with Gasteiger partial charge < -0.3 is 4.74 Å². The standard InChI is InChI=1S/C28H37F3O/c1-2-3-20-4-6-21(7-5-20)8-9-22-10-12-23(13-11-22)24-14-15-26-19-27(32-28(29,30)31)17-16-25(26)18-24/h14-23H,2-13H2,1H3/t20-,21-,22?,23?. The molecular weight excluding hydrogens is 409 g/mol. The van der Waals surface area contributed by atoms with E-state index in [1.54, 1.807) is 6.07 Å². The lowest BCUT2D eigenvalue weighted by Crippen LogP contribution is -2.17. The van der Waals surface area contributed by atoms with Crippen LogP contribution in [0.2, 0.25) is 0 Å². The van der Waals surface area contributed by atoms with Gasteiger partial charge in [-0.3, -0.25) is 0 Å². The lowest BCUT2D eigenvalue weighted by atomic mass is 9.74. The van der Waals surface area contributed by atoms with Gasteiger partial charge in [-0.2, -0.15) is 0 Å². The van der Waals surface area contributed by atoms with Gasteiger partial charge in [-0.05, 0) is 77.8 Å². The van der Waals surface area contributed by atoms with Crippen molar-refractivity contribution in [3.63, 3.8) is 0 Å². The molecule has 32 heavy (non-hydrogen) atoms. The van der Waals surface area contributed by atoms with E-state index in [9.17, 15) is 13.2 Å². The van der Waals surface area contributed by atoms with Crippen molar-refractivity contribution in [2.45, 2.75) is 96.3 Å². The molecular formula is C28H37F3O. The van der Waals surface area contributed by atoms with Gasteiger partial charge in [0.25, 0.3) is 0 Å². The van der Waals surface area contributed by atoms with Gasteiger partial charge in [0.2, 0.25) is 0 Å². The number of benzene rings is 2. The highest BCUT2D eigenvalue weighted by atomic mass is 19.4. The van der Waals surface area contributed by atoms with Gasteiger partial charge in [0.1, 0.15) is 5.75 Å². The molecule has 0 amide bonds. The fourth-order valence-electron chi connectivity index (χ4n) is 6.17. The minimum atomic E-state index is -4.65. The second-order valence-corrected chi connectivity index (χ2v) is 10.3. The second-order valence-electron chi connectivity index (χ2n) is 10.3. The Hall–Kier alpha value is -1.71. The lowest BCUT2D eigenvalue weighted by Gasteiger charge is -2.32. The summed E-state index contributed by atoms with van der Waals surface area (Å²) in [5, 5.41) is 1.77. The van der Waals surface area contributed by atoms with Crippen LogP contribution in [-0.2, 0) is 0 Å². The Morgan fingerprint density at radius 3 is 1.84 bits per heavy atom. The second kappa shape index (κ2) is 10.5. The Labute approximate surface area is 190 Å². The number of halogens is 3. The topological polar surface area (TPSA) is 9.23 Å². The average Bonchev–Trinajstić information content (AvgIpc) is 2.78. The zero-order chi connectivity index (χ0) is 22.6. The summed E-state index contributed by atoms with van der Waals surface area (Å²) in [6.07, 6.45) is 11.8. The van der Waals surface area contributed by atoms with Crippen molar-refractivity contribution >= 4 is 10.8 Å². The number of hydrogen-bond acceptors (Lipinski definition) is 1. The normalized spacial score (nSPS) is 26.9. The highest BCUT2D eigenvalue weighted by Gasteiger charge is 2.31. The van der Waals surface area contributed by atoms with E-state index < -0.39 is 6.36 Å². The molecule has 0 saturated heterocycles. The third-order valence-corrected chi connectivity index (χ3v) is 8.03. The van der Waals surface area contributed by atoms with Crippen LogP contribution in [0, 0.1) is 17.8 Å². The summed E-state index contributed by atoms with van der Waals surface area (Å²) in [6.45, 7) is 2.31. The Bertz CT molecular complexity index is 859. The zero-order valence-corrected chi connectivity index (χ0v) is 19.3. The van der Waals surface area contributed by atoms with E-state index in [1.165, 1.54) is 94.7 Å². The van der Waals surface area contributed by atoms with Gasteiger partial charge in [-0.1, -0.05) is 82.6 Å². The highest BCUT2D eigenvalue weighted by Crippen LogP contribution is 2.41. The van der Waals surface area contributed by atoms with Crippen LogP contribution in [0.4, 0.5) is 13.2 Å². The van der Waals surface area contributed by atoms with Gasteiger partial charge in [-0.15, -0.1) is 13.2 Å². The predicted molar refractivity (Wildman–Crippen MR) is 125 cm³/mol. The largest absolute Gasteiger partial charge is 0.573 e. The third kappa shape index (κ3) is 6.42. The monoisotopic (exact) mass is 446 g/mol. The summed E-state index contributed by atoms with van der Waals surface area (Å²) in [6, 6.07) is 10.8. The van der Waals surface area contributed by atoms with Crippen molar-refractivity contribution in [1.82, 2.24) is 0 Å². The predicted octanol–water partition coefficient (Wildman–Crippen LogP) is 9.40. The van der Waals surface area contributed by atoms with E-state index in [0.717, 1.165) is 28.5 Å². The highest BCUT2D eigenvalue weighted by molar-refractivity contribution is 5.84. The molecule has 0 heterocycles. The fraction of sp³-hybridized carbons (Fsp3) is 0.643. The maximum atomic E-state index is 12.5. The molecule has 1 nitrogen and oxygen atoms in total. The molecule has 4 rings (SSSR count). The molecule has 2 aliphatic rings. The first-order valence-electron chi connectivity index (χ1n) is 12.7. The summed E-state index contributed by atoms with van der Waals surface area (Å²) in [4.78, 5) is 0. The Morgan fingerprint density at radius 2 is 1.25 bits per heavy atom. The molecule has 2 aromatic rings. The van der Waals surface area contributed by atoms with Crippen LogP contribution in [0.5, 0.6) is 5.75 Å². The summed E-state index contributed by atoms with van der Waals surface area (Å²) >= 11 is 0. The lowest BCUT2D eigenvalue weighted by molar-refractivity contribution is -0.274. The van der Waals surface area contributed by atoms with Crippen LogP contribution in [0.25, 0.3) is 10.8 Å². The SMILES string of the molecule is CCC[C@H]1CC[C@H](CCC2CCC(c3ccc4cc(OC(F)(F)F)ccc4c3)CC2)CC1. The molecule has 0 bridgehead atoms. The molecule has 2 aromatic carbocycles. The molecule has 4 heteroatoms. The molecule has 0 N–H and O–H groups in total. The summed E-state index contributed by atoms with van der Waals surface area (Å²) in [5.74, 6) is 3.26. The number of fused-ring (bicyclic) bond motifs is 1. The van der Waals surface area contributed by atoms with E-state index in [1.807, 2.05) is 6.07 Å². The fourth-order valence-corrected chi connectivity index (χ4v) is 6.17. The quantitative estimate of drug-likeness (QED) is 0.411. The van der Waals surface area contributed by atoms with E-state index in [0.29, 0.717) is 5.92 Å². The minimum Gasteiger partial charge on any atom is -0.406 e. The smallest absolute Gasteiger partial charge is 0.406 e. The number of hydrogen-bond donors (Lipinski definition) is 0. The van der Waals surface area contributed by atoms with Crippen molar-refractivity contribution < 1.29 is 17.9 Å². The number of alkyl halides is 3. The maximum absolute atomic E-state index is 12.5. The first-order valence-corrected chi connectivity index (χ1v) is 12.7. The molecule has 2 fully saturated rings. The Balaban J connectivity index is 1.25. The third-order valence-electron chi connectivity index (χ3n) is 8.03. The molecule has 176 valence electrons. The van der Waals surface area contributed by atoms with E-state index in [2.05, 4.69) is 23.8 Å². The van der Waals surface area contributed by atoms with Crippen LogP contribution < -0.4 is 4.74 Å². The van der Waals surface area contributed by atoms with Gasteiger partial charge in [-0.25, -0.2) is 0 Å². The Kier molecular flexibility index (Phi) is 7.68. The Morgan fingerprint density at radius 1 is 0.719 bits per heavy atom. The summed E-state index contributed by atoms with van der Waals surface area (Å²) < 4.78 is 41.4.